The molecule has 1 aromatic rings. The van der Waals surface area contributed by atoms with E-state index in [0.717, 1.165) is 38.3 Å². The molecular weight excluding hydrogens is 238 g/mol. The Morgan fingerprint density at radius 3 is 2.58 bits per heavy atom. The second-order valence-electron chi connectivity index (χ2n) is 5.39. The van der Waals surface area contributed by atoms with Crippen molar-refractivity contribution in [1.29, 1.82) is 0 Å². The van der Waals surface area contributed by atoms with Gasteiger partial charge in [-0.1, -0.05) is 19.1 Å². The second-order valence-corrected chi connectivity index (χ2v) is 5.39. The maximum absolute atomic E-state index is 12.1. The first kappa shape index (κ1) is 13.9. The molecule has 4 heteroatoms. The minimum atomic E-state index is 0.282. The molecule has 104 valence electrons. The Hall–Kier alpha value is -1.55. The summed E-state index contributed by atoms with van der Waals surface area (Å²) in [7, 11) is 0. The molecule has 1 atom stereocenters. The van der Waals surface area contributed by atoms with Crippen LogP contribution in [-0.4, -0.2) is 37.0 Å². The summed E-state index contributed by atoms with van der Waals surface area (Å²) < 4.78 is 0. The molecule has 0 bridgehead atoms. The summed E-state index contributed by atoms with van der Waals surface area (Å²) in [5.41, 5.74) is 7.70. The molecule has 1 heterocycles. The molecule has 2 rings (SSSR count). The lowest BCUT2D eigenvalue weighted by molar-refractivity contribution is -0.132. The first-order chi connectivity index (χ1) is 9.15. The summed E-state index contributed by atoms with van der Waals surface area (Å²) in [6.45, 7) is 5.65. The van der Waals surface area contributed by atoms with Gasteiger partial charge in [0.25, 0.3) is 0 Å². The lowest BCUT2D eigenvalue weighted by Crippen LogP contribution is -2.46. The average Bonchev–Trinajstić information content (AvgIpc) is 2.42. The predicted octanol–water partition coefficient (Wildman–Crippen LogP) is 1.27. The molecule has 1 fully saturated rings. The molecule has 0 spiro atoms. The van der Waals surface area contributed by atoms with E-state index in [2.05, 4.69) is 12.2 Å². The van der Waals surface area contributed by atoms with Crippen molar-refractivity contribution in [3.63, 3.8) is 0 Å². The molecular formula is C15H23N3O. The van der Waals surface area contributed by atoms with E-state index in [4.69, 9.17) is 5.73 Å². The number of rotatable bonds is 4. The van der Waals surface area contributed by atoms with E-state index >= 15 is 0 Å². The Labute approximate surface area is 115 Å². The standard InChI is InChI=1S/C15H23N3O/c1-12(10-13-2-4-14(16)5-3-13)11-15(19)18-8-6-17-7-9-18/h2-5,12,17H,6-11,16H2,1H3. The number of nitrogen functional groups attached to an aromatic ring is 1. The van der Waals surface area contributed by atoms with Crippen molar-refractivity contribution >= 4 is 11.6 Å². The van der Waals surface area contributed by atoms with Gasteiger partial charge in [0.05, 0.1) is 0 Å². The van der Waals surface area contributed by atoms with Gasteiger partial charge in [-0.25, -0.2) is 0 Å². The monoisotopic (exact) mass is 261 g/mol. The molecule has 1 amide bonds. The zero-order valence-corrected chi connectivity index (χ0v) is 11.6. The smallest absolute Gasteiger partial charge is 0.222 e. The number of piperazine rings is 1. The van der Waals surface area contributed by atoms with Crippen molar-refractivity contribution < 1.29 is 4.79 Å². The molecule has 0 aliphatic carbocycles. The summed E-state index contributed by atoms with van der Waals surface area (Å²) >= 11 is 0. The minimum absolute atomic E-state index is 0.282. The zero-order valence-electron chi connectivity index (χ0n) is 11.6. The molecule has 4 nitrogen and oxygen atoms in total. The second kappa shape index (κ2) is 6.57. The molecule has 1 unspecified atom stereocenters. The van der Waals surface area contributed by atoms with E-state index in [1.54, 1.807) is 0 Å². The van der Waals surface area contributed by atoms with E-state index < -0.39 is 0 Å². The fourth-order valence-corrected chi connectivity index (χ4v) is 2.47. The average molecular weight is 261 g/mol. The van der Waals surface area contributed by atoms with Crippen LogP contribution in [0.4, 0.5) is 5.69 Å². The normalized spacial score (nSPS) is 17.2. The SMILES string of the molecule is CC(CC(=O)N1CCNCC1)Cc1ccc(N)cc1. The molecule has 19 heavy (non-hydrogen) atoms. The fraction of sp³-hybridized carbons (Fsp3) is 0.533. The number of hydrogen-bond acceptors (Lipinski definition) is 3. The molecule has 1 aromatic carbocycles. The van der Waals surface area contributed by atoms with Crippen LogP contribution < -0.4 is 11.1 Å². The highest BCUT2D eigenvalue weighted by Crippen LogP contribution is 2.15. The number of nitrogens with one attached hydrogen (secondary N) is 1. The van der Waals surface area contributed by atoms with Crippen LogP contribution >= 0.6 is 0 Å². The van der Waals surface area contributed by atoms with Gasteiger partial charge in [-0.05, 0) is 30.0 Å². The van der Waals surface area contributed by atoms with E-state index in [1.807, 2.05) is 29.2 Å². The van der Waals surface area contributed by atoms with Crippen molar-refractivity contribution in [2.75, 3.05) is 31.9 Å². The summed E-state index contributed by atoms with van der Waals surface area (Å²) in [5, 5.41) is 3.26. The number of benzene rings is 1. The summed E-state index contributed by atoms with van der Waals surface area (Å²) in [5.74, 6) is 0.649. The van der Waals surface area contributed by atoms with E-state index in [0.29, 0.717) is 12.3 Å². The van der Waals surface area contributed by atoms with Gasteiger partial charge >= 0.3 is 0 Å². The van der Waals surface area contributed by atoms with Crippen LogP contribution in [0.2, 0.25) is 0 Å². The Bertz CT molecular complexity index is 410. The van der Waals surface area contributed by atoms with Gasteiger partial charge in [0.2, 0.25) is 5.91 Å². The molecule has 3 N–H and O–H groups in total. The molecule has 1 saturated heterocycles. The number of hydrogen-bond donors (Lipinski definition) is 2. The third-order valence-electron chi connectivity index (χ3n) is 3.56. The zero-order chi connectivity index (χ0) is 13.7. The molecule has 0 saturated carbocycles. The van der Waals surface area contributed by atoms with Gasteiger partial charge in [0.1, 0.15) is 0 Å². The molecule has 0 aromatic heterocycles. The maximum Gasteiger partial charge on any atom is 0.222 e. The van der Waals surface area contributed by atoms with Gasteiger partial charge in [-0.3, -0.25) is 4.79 Å². The van der Waals surface area contributed by atoms with Gasteiger partial charge in [0, 0.05) is 38.3 Å². The highest BCUT2D eigenvalue weighted by Gasteiger charge is 2.18. The number of anilines is 1. The van der Waals surface area contributed by atoms with Gasteiger partial charge in [-0.15, -0.1) is 0 Å². The largest absolute Gasteiger partial charge is 0.399 e. The lowest BCUT2D eigenvalue weighted by atomic mass is 9.97. The van der Waals surface area contributed by atoms with Crippen LogP contribution in [-0.2, 0) is 11.2 Å². The van der Waals surface area contributed by atoms with Crippen LogP contribution in [0, 0.1) is 5.92 Å². The third-order valence-corrected chi connectivity index (χ3v) is 3.56. The molecule has 1 aliphatic heterocycles. The summed E-state index contributed by atoms with van der Waals surface area (Å²) in [6.07, 6.45) is 1.56. The number of carbonyl (C=O) groups excluding carboxylic acids is 1. The first-order valence-electron chi connectivity index (χ1n) is 6.98. The fourth-order valence-electron chi connectivity index (χ4n) is 2.47. The van der Waals surface area contributed by atoms with Gasteiger partial charge in [0.15, 0.2) is 0 Å². The molecule has 0 radical (unpaired) electrons. The van der Waals surface area contributed by atoms with Gasteiger partial charge in [-0.2, -0.15) is 0 Å². The number of amides is 1. The minimum Gasteiger partial charge on any atom is -0.399 e. The topological polar surface area (TPSA) is 58.4 Å². The van der Waals surface area contributed by atoms with Crippen LogP contribution in [0.5, 0.6) is 0 Å². The maximum atomic E-state index is 12.1. The van der Waals surface area contributed by atoms with E-state index in [1.165, 1.54) is 5.56 Å². The van der Waals surface area contributed by atoms with Crippen molar-refractivity contribution in [3.05, 3.63) is 29.8 Å². The summed E-state index contributed by atoms with van der Waals surface area (Å²) in [6, 6.07) is 7.92. The molecule has 1 aliphatic rings. The Morgan fingerprint density at radius 1 is 1.32 bits per heavy atom. The lowest BCUT2D eigenvalue weighted by Gasteiger charge is -2.28. The van der Waals surface area contributed by atoms with Crippen molar-refractivity contribution in [1.82, 2.24) is 10.2 Å². The van der Waals surface area contributed by atoms with Crippen LogP contribution in [0.25, 0.3) is 0 Å². The Kier molecular flexibility index (Phi) is 4.80. The number of nitrogens with zero attached hydrogens (tertiary/aromatic N) is 1. The Morgan fingerprint density at radius 2 is 1.95 bits per heavy atom. The van der Waals surface area contributed by atoms with Crippen LogP contribution in [0.1, 0.15) is 18.9 Å². The quantitative estimate of drug-likeness (QED) is 0.803. The number of nitrogens with two attached hydrogens (primary N) is 1. The van der Waals surface area contributed by atoms with E-state index in [9.17, 15) is 4.79 Å². The highest BCUT2D eigenvalue weighted by molar-refractivity contribution is 5.76. The van der Waals surface area contributed by atoms with Crippen LogP contribution in [0.15, 0.2) is 24.3 Å². The highest BCUT2D eigenvalue weighted by atomic mass is 16.2. The van der Waals surface area contributed by atoms with Crippen molar-refractivity contribution in [2.45, 2.75) is 19.8 Å². The van der Waals surface area contributed by atoms with Crippen molar-refractivity contribution in [2.24, 2.45) is 5.92 Å². The predicted molar refractivity (Wildman–Crippen MR) is 77.8 cm³/mol. The van der Waals surface area contributed by atoms with Crippen molar-refractivity contribution in [3.8, 4) is 0 Å². The van der Waals surface area contributed by atoms with Gasteiger partial charge < -0.3 is 16.0 Å². The third kappa shape index (κ3) is 4.24. The Balaban J connectivity index is 1.81. The van der Waals surface area contributed by atoms with E-state index in [-0.39, 0.29) is 5.91 Å². The number of carbonyl (C=O) groups is 1. The first-order valence-corrected chi connectivity index (χ1v) is 6.98. The van der Waals surface area contributed by atoms with Crippen LogP contribution in [0.3, 0.4) is 0 Å². The summed E-state index contributed by atoms with van der Waals surface area (Å²) in [4.78, 5) is 14.1.